The summed E-state index contributed by atoms with van der Waals surface area (Å²) >= 11 is 0. The molecule has 0 radical (unpaired) electrons. The SMILES string of the molecule is N#CCCCNS(=O)(=O)c1ccc([N+](=O)[O-])cc1. The van der Waals surface area contributed by atoms with Crippen molar-refractivity contribution in [1.82, 2.24) is 4.72 Å². The number of hydrogen-bond acceptors (Lipinski definition) is 5. The van der Waals surface area contributed by atoms with E-state index in [0.29, 0.717) is 6.42 Å². The molecule has 0 saturated heterocycles. The van der Waals surface area contributed by atoms with Crippen molar-refractivity contribution in [2.45, 2.75) is 17.7 Å². The fourth-order valence-corrected chi connectivity index (χ4v) is 2.28. The van der Waals surface area contributed by atoms with Gasteiger partial charge in [-0.05, 0) is 18.6 Å². The van der Waals surface area contributed by atoms with Crippen LogP contribution in [-0.2, 0) is 10.0 Å². The van der Waals surface area contributed by atoms with Crippen LogP contribution in [0.1, 0.15) is 12.8 Å². The predicted molar refractivity (Wildman–Crippen MR) is 63.1 cm³/mol. The highest BCUT2D eigenvalue weighted by molar-refractivity contribution is 7.89. The van der Waals surface area contributed by atoms with E-state index in [2.05, 4.69) is 4.72 Å². The number of nitrogens with zero attached hydrogens (tertiary/aromatic N) is 2. The van der Waals surface area contributed by atoms with Gasteiger partial charge in [-0.2, -0.15) is 5.26 Å². The van der Waals surface area contributed by atoms with E-state index < -0.39 is 14.9 Å². The van der Waals surface area contributed by atoms with Crippen LogP contribution in [-0.4, -0.2) is 19.9 Å². The van der Waals surface area contributed by atoms with Gasteiger partial charge in [0, 0.05) is 25.1 Å². The lowest BCUT2D eigenvalue weighted by atomic mass is 10.3. The number of benzene rings is 1. The number of nitro benzene ring substituents is 1. The Labute approximate surface area is 104 Å². The number of nitro groups is 1. The van der Waals surface area contributed by atoms with Crippen molar-refractivity contribution in [3.63, 3.8) is 0 Å². The Morgan fingerprint density at radius 1 is 1.33 bits per heavy atom. The topological polar surface area (TPSA) is 113 Å². The average molecular weight is 269 g/mol. The minimum absolute atomic E-state index is 0.0370. The predicted octanol–water partition coefficient (Wildman–Crippen LogP) is 1.18. The molecule has 1 N–H and O–H groups in total. The van der Waals surface area contributed by atoms with Gasteiger partial charge in [-0.3, -0.25) is 10.1 Å². The molecule has 0 aromatic heterocycles. The molecular formula is C10H11N3O4S. The van der Waals surface area contributed by atoms with Gasteiger partial charge in [0.25, 0.3) is 5.69 Å². The van der Waals surface area contributed by atoms with Gasteiger partial charge in [0.2, 0.25) is 10.0 Å². The summed E-state index contributed by atoms with van der Waals surface area (Å²) in [4.78, 5) is 9.78. The van der Waals surface area contributed by atoms with Gasteiger partial charge < -0.3 is 0 Å². The van der Waals surface area contributed by atoms with E-state index in [4.69, 9.17) is 5.26 Å². The zero-order chi connectivity index (χ0) is 13.6. The van der Waals surface area contributed by atoms with Crippen LogP contribution in [0, 0.1) is 21.4 Å². The summed E-state index contributed by atoms with van der Waals surface area (Å²) in [5.74, 6) is 0. The van der Waals surface area contributed by atoms with Gasteiger partial charge >= 0.3 is 0 Å². The van der Waals surface area contributed by atoms with Gasteiger partial charge in [-0.25, -0.2) is 13.1 Å². The monoisotopic (exact) mass is 269 g/mol. The number of non-ortho nitro benzene ring substituents is 1. The van der Waals surface area contributed by atoms with E-state index in [0.717, 1.165) is 12.1 Å². The van der Waals surface area contributed by atoms with Crippen LogP contribution in [0.5, 0.6) is 0 Å². The molecule has 1 aromatic carbocycles. The maximum absolute atomic E-state index is 11.7. The number of nitrogens with one attached hydrogen (secondary N) is 1. The minimum Gasteiger partial charge on any atom is -0.258 e. The molecule has 0 bridgehead atoms. The van der Waals surface area contributed by atoms with Crippen molar-refractivity contribution < 1.29 is 13.3 Å². The highest BCUT2D eigenvalue weighted by Gasteiger charge is 2.14. The third-order valence-electron chi connectivity index (χ3n) is 2.12. The van der Waals surface area contributed by atoms with Crippen LogP contribution in [0.3, 0.4) is 0 Å². The molecule has 7 nitrogen and oxygen atoms in total. The molecule has 0 spiro atoms. The molecule has 18 heavy (non-hydrogen) atoms. The highest BCUT2D eigenvalue weighted by atomic mass is 32.2. The van der Waals surface area contributed by atoms with Crippen LogP contribution in [0.25, 0.3) is 0 Å². The largest absolute Gasteiger partial charge is 0.269 e. The lowest BCUT2D eigenvalue weighted by Crippen LogP contribution is -2.24. The van der Waals surface area contributed by atoms with Crippen molar-refractivity contribution in [3.05, 3.63) is 34.4 Å². The van der Waals surface area contributed by atoms with Gasteiger partial charge in [0.15, 0.2) is 0 Å². The Morgan fingerprint density at radius 2 is 1.94 bits per heavy atom. The van der Waals surface area contributed by atoms with Crippen molar-refractivity contribution in [3.8, 4) is 6.07 Å². The van der Waals surface area contributed by atoms with Crippen molar-refractivity contribution in [2.75, 3.05) is 6.54 Å². The molecule has 0 aliphatic carbocycles. The summed E-state index contributed by atoms with van der Waals surface area (Å²) in [7, 11) is -3.67. The fraction of sp³-hybridized carbons (Fsp3) is 0.300. The first kappa shape index (κ1) is 14.1. The number of unbranched alkanes of at least 4 members (excludes halogenated alkanes) is 1. The Kier molecular flexibility index (Phi) is 4.76. The second-order valence-electron chi connectivity index (χ2n) is 3.41. The normalized spacial score (nSPS) is 10.8. The molecule has 1 rings (SSSR count). The van der Waals surface area contributed by atoms with Crippen LogP contribution >= 0.6 is 0 Å². The first-order valence-electron chi connectivity index (χ1n) is 5.08. The van der Waals surface area contributed by atoms with Crippen LogP contribution in [0.4, 0.5) is 5.69 Å². The maximum Gasteiger partial charge on any atom is 0.269 e. The molecule has 8 heteroatoms. The molecular weight excluding hydrogens is 258 g/mol. The number of hydrogen-bond donors (Lipinski definition) is 1. The molecule has 0 saturated carbocycles. The van der Waals surface area contributed by atoms with Gasteiger partial charge in [-0.15, -0.1) is 0 Å². The molecule has 96 valence electrons. The highest BCUT2D eigenvalue weighted by Crippen LogP contribution is 2.15. The van der Waals surface area contributed by atoms with Crippen LogP contribution in [0.15, 0.2) is 29.2 Å². The second-order valence-corrected chi connectivity index (χ2v) is 5.18. The van der Waals surface area contributed by atoms with E-state index in [1.54, 1.807) is 0 Å². The summed E-state index contributed by atoms with van der Waals surface area (Å²) in [6, 6.07) is 6.50. The number of rotatable bonds is 6. The van der Waals surface area contributed by atoms with Crippen LogP contribution < -0.4 is 4.72 Å². The quantitative estimate of drug-likeness (QED) is 0.473. The van der Waals surface area contributed by atoms with E-state index in [-0.39, 0.29) is 23.5 Å². The molecule has 0 unspecified atom stereocenters. The Bertz CT molecular complexity index is 560. The average Bonchev–Trinajstić information content (AvgIpc) is 2.35. The minimum atomic E-state index is -3.67. The zero-order valence-electron chi connectivity index (χ0n) is 9.37. The lowest BCUT2D eigenvalue weighted by molar-refractivity contribution is -0.384. The van der Waals surface area contributed by atoms with Crippen molar-refractivity contribution in [1.29, 1.82) is 5.26 Å². The Morgan fingerprint density at radius 3 is 2.44 bits per heavy atom. The van der Waals surface area contributed by atoms with Crippen molar-refractivity contribution in [2.24, 2.45) is 0 Å². The van der Waals surface area contributed by atoms with E-state index in [1.165, 1.54) is 12.1 Å². The Balaban J connectivity index is 2.73. The number of nitriles is 1. The smallest absolute Gasteiger partial charge is 0.258 e. The first-order chi connectivity index (χ1) is 8.47. The summed E-state index contributed by atoms with van der Waals surface area (Å²) in [6.45, 7) is 0.160. The standard InChI is InChI=1S/C10H11N3O4S/c11-7-1-2-8-12-18(16,17)10-5-3-9(4-6-10)13(14)15/h3-6,12H,1-2,8H2. The maximum atomic E-state index is 11.7. The van der Waals surface area contributed by atoms with Crippen LogP contribution in [0.2, 0.25) is 0 Å². The molecule has 0 aliphatic rings. The summed E-state index contributed by atoms with van der Waals surface area (Å²) in [5.41, 5.74) is -0.168. The van der Waals surface area contributed by atoms with Gasteiger partial charge in [-0.1, -0.05) is 0 Å². The third-order valence-corrected chi connectivity index (χ3v) is 3.59. The molecule has 0 heterocycles. The Hall–Kier alpha value is -1.98. The second kappa shape index (κ2) is 6.09. The summed E-state index contributed by atoms with van der Waals surface area (Å²) in [5, 5.41) is 18.7. The molecule has 0 amide bonds. The molecule has 0 fully saturated rings. The summed E-state index contributed by atoms with van der Waals surface area (Å²) < 4.78 is 25.7. The summed E-state index contributed by atoms with van der Waals surface area (Å²) in [6.07, 6.45) is 0.686. The van der Waals surface area contributed by atoms with E-state index >= 15 is 0 Å². The molecule has 0 aliphatic heterocycles. The molecule has 1 aromatic rings. The fourth-order valence-electron chi connectivity index (χ4n) is 1.20. The number of sulfonamides is 1. The molecule has 0 atom stereocenters. The zero-order valence-corrected chi connectivity index (χ0v) is 10.2. The first-order valence-corrected chi connectivity index (χ1v) is 6.57. The van der Waals surface area contributed by atoms with E-state index in [1.807, 2.05) is 6.07 Å². The van der Waals surface area contributed by atoms with Crippen molar-refractivity contribution >= 4 is 15.7 Å². The van der Waals surface area contributed by atoms with E-state index in [9.17, 15) is 18.5 Å². The van der Waals surface area contributed by atoms with Gasteiger partial charge in [0.05, 0.1) is 15.9 Å². The van der Waals surface area contributed by atoms with Gasteiger partial charge in [0.1, 0.15) is 0 Å². The lowest BCUT2D eigenvalue weighted by Gasteiger charge is -2.05. The third kappa shape index (κ3) is 3.80.